The molecule has 1 nitrogen and oxygen atoms in total. The molecule has 0 N–H and O–H groups in total. The van der Waals surface area contributed by atoms with E-state index in [2.05, 4.69) is 115 Å². The maximum Gasteiger partial charge on any atom is 0.135 e. The van der Waals surface area contributed by atoms with Crippen molar-refractivity contribution in [3.8, 4) is 0 Å². The molecule has 0 spiro atoms. The highest BCUT2D eigenvalue weighted by Crippen LogP contribution is 2.43. The Bertz CT molecular complexity index is 2030. The van der Waals surface area contributed by atoms with Crippen molar-refractivity contribution in [3.63, 3.8) is 0 Å². The normalized spacial score (nSPS) is 24.0. The first-order valence-electron chi connectivity index (χ1n) is 17.3. The third-order valence-corrected chi connectivity index (χ3v) is 10.4. The summed E-state index contributed by atoms with van der Waals surface area (Å²) in [5.41, 5.74) is 14.3. The Morgan fingerprint density at radius 3 is 2.41 bits per heavy atom. The van der Waals surface area contributed by atoms with Crippen molar-refractivity contribution in [1.82, 2.24) is 0 Å². The molecule has 0 saturated carbocycles. The van der Waals surface area contributed by atoms with E-state index >= 15 is 0 Å². The Balaban J connectivity index is 1.10. The van der Waals surface area contributed by atoms with Gasteiger partial charge >= 0.3 is 0 Å². The quantitative estimate of drug-likeness (QED) is 0.275. The van der Waals surface area contributed by atoms with E-state index in [1.54, 1.807) is 0 Å². The average Bonchev–Trinajstić information content (AvgIpc) is 3.51. The first-order chi connectivity index (χ1) is 22.7. The van der Waals surface area contributed by atoms with Crippen molar-refractivity contribution >= 4 is 27.5 Å². The Labute approximate surface area is 273 Å². The highest BCUT2D eigenvalue weighted by molar-refractivity contribution is 6.06. The van der Waals surface area contributed by atoms with E-state index in [1.807, 2.05) is 6.07 Å². The van der Waals surface area contributed by atoms with Gasteiger partial charge < -0.3 is 4.42 Å². The minimum atomic E-state index is 0.356. The Morgan fingerprint density at radius 2 is 1.61 bits per heavy atom. The molecule has 5 aliphatic carbocycles. The van der Waals surface area contributed by atoms with Gasteiger partial charge in [0.05, 0.1) is 0 Å². The highest BCUT2D eigenvalue weighted by atomic mass is 16.3. The van der Waals surface area contributed by atoms with Crippen LogP contribution in [0.1, 0.15) is 63.4 Å². The first-order valence-corrected chi connectivity index (χ1v) is 17.3. The molecule has 2 unspecified atom stereocenters. The van der Waals surface area contributed by atoms with Crippen LogP contribution in [0.25, 0.3) is 27.5 Å². The van der Waals surface area contributed by atoms with E-state index in [9.17, 15) is 0 Å². The molecule has 0 saturated heterocycles. The largest absolute Gasteiger partial charge is 0.456 e. The lowest BCUT2D eigenvalue weighted by atomic mass is 9.75. The molecular formula is C45H42O. The second-order valence-electron chi connectivity index (χ2n) is 13.3. The average molecular weight is 599 g/mol. The summed E-state index contributed by atoms with van der Waals surface area (Å²) in [5, 5.41) is 2.37. The molecule has 3 aromatic rings. The molecular weight excluding hydrogens is 556 g/mol. The molecule has 2 atom stereocenters. The maximum atomic E-state index is 6.10. The van der Waals surface area contributed by atoms with E-state index in [4.69, 9.17) is 11.0 Å². The molecule has 46 heavy (non-hydrogen) atoms. The zero-order valence-corrected chi connectivity index (χ0v) is 26.7. The second kappa shape index (κ2) is 12.6. The first kappa shape index (κ1) is 28.8. The van der Waals surface area contributed by atoms with Gasteiger partial charge in [0, 0.05) is 22.6 Å². The van der Waals surface area contributed by atoms with Crippen LogP contribution in [0, 0.1) is 11.8 Å². The minimum absolute atomic E-state index is 0.356. The molecule has 5 aliphatic rings. The van der Waals surface area contributed by atoms with Gasteiger partial charge in [-0.25, -0.2) is 0 Å². The number of benzene rings is 2. The number of para-hydroxylation sites is 1. The molecule has 8 rings (SSSR count). The smallest absolute Gasteiger partial charge is 0.135 e. The van der Waals surface area contributed by atoms with Crippen LogP contribution in [0.4, 0.5) is 0 Å². The van der Waals surface area contributed by atoms with Gasteiger partial charge in [-0.05, 0) is 126 Å². The summed E-state index contributed by atoms with van der Waals surface area (Å²) in [4.78, 5) is 0. The molecule has 0 bridgehead atoms. The van der Waals surface area contributed by atoms with E-state index < -0.39 is 0 Å². The lowest BCUT2D eigenvalue weighted by molar-refractivity contribution is 0.669. The van der Waals surface area contributed by atoms with Crippen LogP contribution in [0.5, 0.6) is 0 Å². The summed E-state index contributed by atoms with van der Waals surface area (Å²) >= 11 is 0. The Hall–Kier alpha value is -4.62. The standard InChI is InChI=1S/C45H42O/c1-31(32-20-22-34(23-21-32)33-12-4-2-5-13-33)39-16-8-9-18-41(39)45(36-14-6-3-7-15-36)37-26-24-35(25-27-37)38-28-29-44-42(30-38)40-17-10-11-19-43(40)46-44/h4,6,8,10-14,16-17,19-22,24-26,28-30,34,37H,1-3,5,7,9,15,18,23,27H2/b45-36-. The van der Waals surface area contributed by atoms with Crippen molar-refractivity contribution in [2.75, 3.05) is 0 Å². The summed E-state index contributed by atoms with van der Waals surface area (Å²) in [6.07, 6.45) is 41.1. The molecule has 0 radical (unpaired) electrons. The molecule has 1 heteroatoms. The summed E-state index contributed by atoms with van der Waals surface area (Å²) in [5.74, 6) is 0.837. The van der Waals surface area contributed by atoms with Gasteiger partial charge in [-0.3, -0.25) is 0 Å². The topological polar surface area (TPSA) is 13.1 Å². The summed E-state index contributed by atoms with van der Waals surface area (Å²) in [6, 6.07) is 15.0. The number of allylic oxidation sites excluding steroid dienone is 21. The van der Waals surface area contributed by atoms with Gasteiger partial charge in [0.1, 0.15) is 11.2 Å². The minimum Gasteiger partial charge on any atom is -0.456 e. The van der Waals surface area contributed by atoms with Crippen molar-refractivity contribution in [3.05, 3.63) is 173 Å². The van der Waals surface area contributed by atoms with Crippen molar-refractivity contribution in [2.24, 2.45) is 11.8 Å². The molecule has 0 fully saturated rings. The van der Waals surface area contributed by atoms with Crippen LogP contribution in [-0.2, 0) is 0 Å². The van der Waals surface area contributed by atoms with Gasteiger partial charge in [0.25, 0.3) is 0 Å². The predicted molar refractivity (Wildman–Crippen MR) is 195 cm³/mol. The van der Waals surface area contributed by atoms with Crippen LogP contribution in [-0.4, -0.2) is 0 Å². The van der Waals surface area contributed by atoms with Crippen LogP contribution in [0.15, 0.2) is 171 Å². The van der Waals surface area contributed by atoms with Crippen molar-refractivity contribution < 1.29 is 4.42 Å². The Kier molecular flexibility index (Phi) is 7.92. The highest BCUT2D eigenvalue weighted by Gasteiger charge is 2.26. The van der Waals surface area contributed by atoms with E-state index in [-0.39, 0.29) is 0 Å². The SMILES string of the molecule is C=C(C1=CCC(C2=CCCC=C2)C=C1)C1=C(/C(=C2/C=CCCC2)C2C=CC(c3ccc4oc5ccccc5c4c3)=CC2)CCC=C1. The van der Waals surface area contributed by atoms with Crippen LogP contribution in [0.3, 0.4) is 0 Å². The van der Waals surface area contributed by atoms with Gasteiger partial charge in [-0.15, -0.1) is 0 Å². The Morgan fingerprint density at radius 1 is 0.717 bits per heavy atom. The fraction of sp³-hybridized carbons (Fsp3) is 0.244. The second-order valence-corrected chi connectivity index (χ2v) is 13.3. The lowest BCUT2D eigenvalue weighted by Crippen LogP contribution is -2.13. The third kappa shape index (κ3) is 5.53. The van der Waals surface area contributed by atoms with Crippen molar-refractivity contribution in [2.45, 2.75) is 57.8 Å². The summed E-state index contributed by atoms with van der Waals surface area (Å²) < 4.78 is 6.10. The summed E-state index contributed by atoms with van der Waals surface area (Å²) in [6.45, 7) is 4.72. The van der Waals surface area contributed by atoms with Crippen LogP contribution in [0.2, 0.25) is 0 Å². The fourth-order valence-corrected chi connectivity index (χ4v) is 7.94. The van der Waals surface area contributed by atoms with E-state index in [0.29, 0.717) is 11.8 Å². The van der Waals surface area contributed by atoms with Gasteiger partial charge in [0.15, 0.2) is 0 Å². The van der Waals surface area contributed by atoms with Gasteiger partial charge in [0.2, 0.25) is 0 Å². The van der Waals surface area contributed by atoms with Gasteiger partial charge in [-0.2, -0.15) is 0 Å². The maximum absolute atomic E-state index is 6.10. The predicted octanol–water partition coefficient (Wildman–Crippen LogP) is 12.6. The molecule has 0 amide bonds. The summed E-state index contributed by atoms with van der Waals surface area (Å²) in [7, 11) is 0. The van der Waals surface area contributed by atoms with E-state index in [1.165, 1.54) is 80.2 Å². The molecule has 1 aromatic heterocycles. The van der Waals surface area contributed by atoms with Crippen molar-refractivity contribution in [1.29, 1.82) is 0 Å². The van der Waals surface area contributed by atoms with E-state index in [0.717, 1.165) is 49.7 Å². The molecule has 228 valence electrons. The number of rotatable bonds is 6. The van der Waals surface area contributed by atoms with Gasteiger partial charge in [-0.1, -0.05) is 110 Å². The van der Waals surface area contributed by atoms with Crippen LogP contribution >= 0.6 is 0 Å². The zero-order valence-electron chi connectivity index (χ0n) is 26.7. The monoisotopic (exact) mass is 598 g/mol. The lowest BCUT2D eigenvalue weighted by Gasteiger charge is -2.30. The third-order valence-electron chi connectivity index (χ3n) is 10.4. The number of fused-ring (bicyclic) bond motifs is 3. The molecule has 1 heterocycles. The molecule has 0 aliphatic heterocycles. The number of hydrogen-bond acceptors (Lipinski definition) is 1. The fourth-order valence-electron chi connectivity index (χ4n) is 7.94. The number of hydrogen-bond donors (Lipinski definition) is 0. The number of furan rings is 1. The zero-order chi connectivity index (χ0) is 30.9. The van der Waals surface area contributed by atoms with Crippen LogP contribution < -0.4 is 0 Å². The molecule has 2 aromatic carbocycles.